The van der Waals surface area contributed by atoms with Crippen LogP contribution in [-0.2, 0) is 11.3 Å². The number of aromatic nitrogens is 2. The van der Waals surface area contributed by atoms with Crippen molar-refractivity contribution in [1.82, 2.24) is 9.97 Å². The van der Waals surface area contributed by atoms with Crippen molar-refractivity contribution >= 4 is 17.6 Å². The Bertz CT molecular complexity index is 572. The van der Waals surface area contributed by atoms with Gasteiger partial charge in [0.25, 0.3) is 0 Å². The van der Waals surface area contributed by atoms with E-state index in [4.69, 9.17) is 16.3 Å². The van der Waals surface area contributed by atoms with Gasteiger partial charge < -0.3 is 9.47 Å². The smallest absolute Gasteiger partial charge is 0.339 e. The molecule has 0 saturated carbocycles. The number of halogens is 1. The summed E-state index contributed by atoms with van der Waals surface area (Å²) in [4.78, 5) is 19.2. The van der Waals surface area contributed by atoms with Crippen molar-refractivity contribution in [2.75, 3.05) is 7.11 Å². The molecule has 2 rings (SSSR count). The lowest BCUT2D eigenvalue weighted by atomic mass is 10.2. The predicted molar refractivity (Wildman–Crippen MR) is 69.2 cm³/mol. The minimum absolute atomic E-state index is 0.267. The van der Waals surface area contributed by atoms with Crippen LogP contribution in [0.25, 0.3) is 0 Å². The molecule has 5 nitrogen and oxygen atoms in total. The number of carbonyl (C=O) groups excluding carboxylic acids is 1. The molecule has 0 bridgehead atoms. The van der Waals surface area contributed by atoms with Gasteiger partial charge in [-0.15, -0.1) is 0 Å². The van der Waals surface area contributed by atoms with Crippen molar-refractivity contribution in [3.63, 3.8) is 0 Å². The van der Waals surface area contributed by atoms with Crippen molar-refractivity contribution in [1.29, 1.82) is 0 Å². The van der Waals surface area contributed by atoms with Crippen LogP contribution in [0.2, 0.25) is 5.02 Å². The van der Waals surface area contributed by atoms with Gasteiger partial charge >= 0.3 is 5.97 Å². The summed E-state index contributed by atoms with van der Waals surface area (Å²) in [6.45, 7) is 0.267. The molecule has 0 N–H and O–H groups in total. The van der Waals surface area contributed by atoms with Gasteiger partial charge in [0.15, 0.2) is 0 Å². The van der Waals surface area contributed by atoms with E-state index in [0.717, 1.165) is 0 Å². The van der Waals surface area contributed by atoms with Crippen molar-refractivity contribution in [2.45, 2.75) is 6.61 Å². The van der Waals surface area contributed by atoms with Gasteiger partial charge in [0, 0.05) is 18.5 Å². The molecule has 98 valence electrons. The third-order valence-electron chi connectivity index (χ3n) is 2.31. The minimum Gasteiger partial charge on any atom is -0.486 e. The summed E-state index contributed by atoms with van der Waals surface area (Å²) in [5, 5.41) is 0.506. The first-order chi connectivity index (χ1) is 9.19. The maximum absolute atomic E-state index is 11.2. The van der Waals surface area contributed by atoms with Gasteiger partial charge in [-0.05, 0) is 12.1 Å². The highest BCUT2D eigenvalue weighted by Gasteiger charge is 2.05. The molecule has 0 aliphatic heterocycles. The molecular weight excluding hydrogens is 268 g/mol. The first-order valence-electron chi connectivity index (χ1n) is 5.45. The van der Waals surface area contributed by atoms with Crippen molar-refractivity contribution in [3.8, 4) is 5.75 Å². The number of esters is 1. The molecule has 2 heterocycles. The molecule has 0 amide bonds. The number of carbonyl (C=O) groups is 1. The molecule has 0 fully saturated rings. The van der Waals surface area contributed by atoms with E-state index >= 15 is 0 Å². The zero-order valence-corrected chi connectivity index (χ0v) is 10.9. The Morgan fingerprint density at radius 3 is 2.79 bits per heavy atom. The maximum atomic E-state index is 11.2. The molecule has 2 aromatic heterocycles. The van der Waals surface area contributed by atoms with Crippen LogP contribution in [0.1, 0.15) is 16.1 Å². The summed E-state index contributed by atoms with van der Waals surface area (Å²) in [5.74, 6) is 0.144. The van der Waals surface area contributed by atoms with Crippen LogP contribution in [0.4, 0.5) is 0 Å². The quantitative estimate of drug-likeness (QED) is 0.804. The number of hydrogen-bond acceptors (Lipinski definition) is 5. The first-order valence-corrected chi connectivity index (χ1v) is 5.83. The van der Waals surface area contributed by atoms with Gasteiger partial charge in [-0.2, -0.15) is 0 Å². The molecule has 0 radical (unpaired) electrons. The SMILES string of the molecule is COC(=O)c1ccc(COc2cncc(Cl)c2)nc1. The second kappa shape index (κ2) is 6.15. The van der Waals surface area contributed by atoms with E-state index in [1.165, 1.54) is 19.5 Å². The molecule has 0 unspecified atom stereocenters. The van der Waals surface area contributed by atoms with Crippen LogP contribution in [0, 0.1) is 0 Å². The molecule has 0 aromatic carbocycles. The second-order valence-corrected chi connectivity index (χ2v) is 4.09. The molecular formula is C13H11ClN2O3. The maximum Gasteiger partial charge on any atom is 0.339 e. The largest absolute Gasteiger partial charge is 0.486 e. The molecule has 0 aliphatic rings. The van der Waals surface area contributed by atoms with Crippen LogP contribution < -0.4 is 4.74 Å². The molecule has 19 heavy (non-hydrogen) atoms. The topological polar surface area (TPSA) is 61.3 Å². The summed E-state index contributed by atoms with van der Waals surface area (Å²) in [6.07, 6.45) is 4.53. The van der Waals surface area contributed by atoms with Gasteiger partial charge in [-0.25, -0.2) is 4.79 Å². The molecule has 0 atom stereocenters. The predicted octanol–water partition coefficient (Wildman–Crippen LogP) is 2.50. The number of rotatable bonds is 4. The van der Waals surface area contributed by atoms with E-state index in [2.05, 4.69) is 14.7 Å². The number of methoxy groups -OCH3 is 1. The summed E-state index contributed by atoms with van der Waals surface area (Å²) in [7, 11) is 1.32. The summed E-state index contributed by atoms with van der Waals surface area (Å²) in [6, 6.07) is 5.00. The molecule has 2 aromatic rings. The van der Waals surface area contributed by atoms with Crippen LogP contribution in [0.3, 0.4) is 0 Å². The fourth-order valence-corrected chi connectivity index (χ4v) is 1.54. The van der Waals surface area contributed by atoms with E-state index < -0.39 is 5.97 Å². The third kappa shape index (κ3) is 3.66. The molecule has 0 aliphatic carbocycles. The van der Waals surface area contributed by atoms with E-state index in [1.807, 2.05) is 0 Å². The second-order valence-electron chi connectivity index (χ2n) is 3.66. The highest BCUT2D eigenvalue weighted by molar-refractivity contribution is 6.30. The van der Waals surface area contributed by atoms with Crippen LogP contribution in [-0.4, -0.2) is 23.0 Å². The van der Waals surface area contributed by atoms with Crippen LogP contribution in [0.5, 0.6) is 5.75 Å². The summed E-state index contributed by atoms with van der Waals surface area (Å²) >= 11 is 5.79. The average molecular weight is 279 g/mol. The van der Waals surface area contributed by atoms with E-state index in [1.54, 1.807) is 24.4 Å². The third-order valence-corrected chi connectivity index (χ3v) is 2.52. The first kappa shape index (κ1) is 13.3. The van der Waals surface area contributed by atoms with Crippen LogP contribution >= 0.6 is 11.6 Å². The number of ether oxygens (including phenoxy) is 2. The molecule has 0 saturated heterocycles. The van der Waals surface area contributed by atoms with Gasteiger partial charge in [0.05, 0.1) is 29.6 Å². The minimum atomic E-state index is -0.418. The number of nitrogens with zero attached hydrogens (tertiary/aromatic N) is 2. The normalized spacial score (nSPS) is 10.0. The van der Waals surface area contributed by atoms with Gasteiger partial charge in [0.2, 0.25) is 0 Å². The van der Waals surface area contributed by atoms with Crippen molar-refractivity contribution in [2.24, 2.45) is 0 Å². The van der Waals surface area contributed by atoms with E-state index in [9.17, 15) is 4.79 Å². The van der Waals surface area contributed by atoms with Gasteiger partial charge in [-0.1, -0.05) is 11.6 Å². The summed E-state index contributed by atoms with van der Waals surface area (Å²) in [5.41, 5.74) is 1.09. The molecule has 6 heteroatoms. The van der Waals surface area contributed by atoms with Gasteiger partial charge in [-0.3, -0.25) is 9.97 Å². The Kier molecular flexibility index (Phi) is 4.30. The Hall–Kier alpha value is -2.14. The number of hydrogen-bond donors (Lipinski definition) is 0. The Morgan fingerprint density at radius 1 is 1.32 bits per heavy atom. The lowest BCUT2D eigenvalue weighted by molar-refractivity contribution is 0.0600. The highest BCUT2D eigenvalue weighted by Crippen LogP contribution is 2.16. The Morgan fingerprint density at radius 2 is 2.16 bits per heavy atom. The Labute approximate surface area is 115 Å². The average Bonchev–Trinajstić information content (AvgIpc) is 2.45. The van der Waals surface area contributed by atoms with E-state index in [-0.39, 0.29) is 6.61 Å². The van der Waals surface area contributed by atoms with Gasteiger partial charge in [0.1, 0.15) is 12.4 Å². The zero-order chi connectivity index (χ0) is 13.7. The lowest BCUT2D eigenvalue weighted by Crippen LogP contribution is -2.04. The zero-order valence-electron chi connectivity index (χ0n) is 10.2. The highest BCUT2D eigenvalue weighted by atomic mass is 35.5. The fourth-order valence-electron chi connectivity index (χ4n) is 1.38. The van der Waals surface area contributed by atoms with Crippen molar-refractivity contribution < 1.29 is 14.3 Å². The monoisotopic (exact) mass is 278 g/mol. The standard InChI is InChI=1S/C13H11ClN2O3/c1-18-13(17)9-2-3-11(16-5-9)8-19-12-4-10(14)6-15-7-12/h2-7H,8H2,1H3. The lowest BCUT2D eigenvalue weighted by Gasteiger charge is -2.06. The van der Waals surface area contributed by atoms with Crippen molar-refractivity contribution in [3.05, 3.63) is 53.1 Å². The van der Waals surface area contributed by atoms with Crippen LogP contribution in [0.15, 0.2) is 36.8 Å². The fraction of sp³-hybridized carbons (Fsp3) is 0.154. The Balaban J connectivity index is 1.98. The van der Waals surface area contributed by atoms with E-state index in [0.29, 0.717) is 22.0 Å². The molecule has 0 spiro atoms. The summed E-state index contributed by atoms with van der Waals surface area (Å²) < 4.78 is 10.1. The number of pyridine rings is 2.